The average Bonchev–Trinajstić information content (AvgIpc) is 2.38. The molecule has 5 nitrogen and oxygen atoms in total. The second-order valence-corrected chi connectivity index (χ2v) is 4.28. The third-order valence-corrected chi connectivity index (χ3v) is 2.96. The van der Waals surface area contributed by atoms with Gasteiger partial charge in [-0.1, -0.05) is 19.9 Å². The molecule has 1 rings (SSSR count). The van der Waals surface area contributed by atoms with E-state index in [9.17, 15) is 9.59 Å². The number of hydrogen-bond acceptors (Lipinski definition) is 3. The summed E-state index contributed by atoms with van der Waals surface area (Å²) in [5.41, 5.74) is 0.900. The number of aliphatic carboxylic acids is 1. The van der Waals surface area contributed by atoms with E-state index in [1.54, 1.807) is 13.1 Å². The lowest BCUT2D eigenvalue weighted by molar-refractivity contribution is -0.146. The molecule has 0 radical (unpaired) electrons. The van der Waals surface area contributed by atoms with E-state index in [0.29, 0.717) is 13.0 Å². The summed E-state index contributed by atoms with van der Waals surface area (Å²) >= 11 is 0. The molecule has 0 saturated heterocycles. The number of rotatable bonds is 6. The van der Waals surface area contributed by atoms with E-state index in [4.69, 9.17) is 5.11 Å². The van der Waals surface area contributed by atoms with Gasteiger partial charge in [0.2, 0.25) is 5.91 Å². The number of carboxylic acids is 1. The molecule has 5 heteroatoms. The van der Waals surface area contributed by atoms with E-state index >= 15 is 0 Å². The first kappa shape index (κ1) is 14.2. The molecule has 0 saturated carbocycles. The Morgan fingerprint density at radius 2 is 2.06 bits per heavy atom. The lowest BCUT2D eigenvalue weighted by atomic mass is 9.95. The van der Waals surface area contributed by atoms with Gasteiger partial charge in [-0.2, -0.15) is 0 Å². The van der Waals surface area contributed by atoms with E-state index in [2.05, 4.69) is 10.3 Å². The number of carbonyl (C=O) groups is 2. The lowest BCUT2D eigenvalue weighted by Gasteiger charge is -2.15. The first-order valence-electron chi connectivity index (χ1n) is 5.92. The summed E-state index contributed by atoms with van der Waals surface area (Å²) in [6.45, 7) is 3.62. The Kier molecular flexibility index (Phi) is 5.30. The van der Waals surface area contributed by atoms with Crippen LogP contribution in [0.15, 0.2) is 24.4 Å². The van der Waals surface area contributed by atoms with Gasteiger partial charge < -0.3 is 10.4 Å². The van der Waals surface area contributed by atoms with E-state index in [1.807, 2.05) is 18.2 Å². The molecule has 1 aromatic rings. The Labute approximate surface area is 106 Å². The number of nitrogens with zero attached hydrogens (tertiary/aromatic N) is 1. The predicted octanol–water partition coefficient (Wildman–Crippen LogP) is 1.10. The molecule has 0 spiro atoms. The lowest BCUT2D eigenvalue weighted by Crippen LogP contribution is -2.36. The predicted molar refractivity (Wildman–Crippen MR) is 66.9 cm³/mol. The zero-order valence-corrected chi connectivity index (χ0v) is 10.6. The number of nitrogens with one attached hydrogen (secondary N) is 1. The molecular formula is C13H18N2O3. The number of amides is 1. The fraction of sp³-hybridized carbons (Fsp3) is 0.462. The van der Waals surface area contributed by atoms with Gasteiger partial charge in [0.05, 0.1) is 5.92 Å². The third-order valence-electron chi connectivity index (χ3n) is 2.96. The fourth-order valence-corrected chi connectivity index (χ4v) is 1.46. The van der Waals surface area contributed by atoms with Crippen LogP contribution >= 0.6 is 0 Å². The van der Waals surface area contributed by atoms with Crippen molar-refractivity contribution >= 4 is 11.9 Å². The van der Waals surface area contributed by atoms with Crippen molar-refractivity contribution in [1.29, 1.82) is 0 Å². The van der Waals surface area contributed by atoms with Crippen LogP contribution in [0.3, 0.4) is 0 Å². The topological polar surface area (TPSA) is 79.3 Å². The van der Waals surface area contributed by atoms with E-state index in [0.717, 1.165) is 5.69 Å². The van der Waals surface area contributed by atoms with Gasteiger partial charge in [0, 0.05) is 30.8 Å². The average molecular weight is 250 g/mol. The molecular weight excluding hydrogens is 232 g/mol. The van der Waals surface area contributed by atoms with Crippen LogP contribution < -0.4 is 5.32 Å². The number of hydrogen-bond donors (Lipinski definition) is 2. The van der Waals surface area contributed by atoms with Crippen LogP contribution in [0, 0.1) is 11.8 Å². The molecule has 18 heavy (non-hydrogen) atoms. The minimum absolute atomic E-state index is 0.235. The normalized spacial score (nSPS) is 13.7. The molecule has 0 aliphatic rings. The molecule has 2 unspecified atom stereocenters. The number of aromatic nitrogens is 1. The number of pyridine rings is 1. The van der Waals surface area contributed by atoms with Gasteiger partial charge in [0.25, 0.3) is 0 Å². The van der Waals surface area contributed by atoms with Crippen LogP contribution in [-0.2, 0) is 16.0 Å². The molecule has 1 aromatic heterocycles. The van der Waals surface area contributed by atoms with Crippen molar-refractivity contribution in [3.05, 3.63) is 30.1 Å². The van der Waals surface area contributed by atoms with Crippen LogP contribution in [0.25, 0.3) is 0 Å². The number of carboxylic acid groups (broad SMARTS) is 1. The van der Waals surface area contributed by atoms with Crippen molar-refractivity contribution in [2.75, 3.05) is 6.54 Å². The Hall–Kier alpha value is -1.91. The second-order valence-electron chi connectivity index (χ2n) is 4.28. The zero-order valence-electron chi connectivity index (χ0n) is 10.6. The highest BCUT2D eigenvalue weighted by Crippen LogP contribution is 2.10. The van der Waals surface area contributed by atoms with Gasteiger partial charge in [0.15, 0.2) is 0 Å². The first-order valence-corrected chi connectivity index (χ1v) is 5.92. The summed E-state index contributed by atoms with van der Waals surface area (Å²) in [7, 11) is 0. The minimum Gasteiger partial charge on any atom is -0.481 e. The quantitative estimate of drug-likeness (QED) is 0.792. The van der Waals surface area contributed by atoms with E-state index in [1.165, 1.54) is 6.92 Å². The maximum atomic E-state index is 11.7. The van der Waals surface area contributed by atoms with Crippen LogP contribution in [0.2, 0.25) is 0 Å². The maximum Gasteiger partial charge on any atom is 0.307 e. The zero-order chi connectivity index (χ0) is 13.5. The maximum absolute atomic E-state index is 11.7. The highest BCUT2D eigenvalue weighted by molar-refractivity contribution is 5.84. The van der Waals surface area contributed by atoms with E-state index < -0.39 is 17.8 Å². The standard InChI is InChI=1S/C13H18N2O3/c1-9(10(2)13(17)18)12(16)15-8-6-11-5-3-4-7-14-11/h3-5,7,9-10H,6,8H2,1-2H3,(H,15,16)(H,17,18). The highest BCUT2D eigenvalue weighted by atomic mass is 16.4. The van der Waals surface area contributed by atoms with E-state index in [-0.39, 0.29) is 5.91 Å². The molecule has 1 amide bonds. The van der Waals surface area contributed by atoms with Crippen molar-refractivity contribution in [3.63, 3.8) is 0 Å². The number of carbonyl (C=O) groups excluding carboxylic acids is 1. The van der Waals surface area contributed by atoms with Crippen LogP contribution in [0.5, 0.6) is 0 Å². The molecule has 0 fully saturated rings. The van der Waals surface area contributed by atoms with Crippen molar-refractivity contribution < 1.29 is 14.7 Å². The van der Waals surface area contributed by atoms with Gasteiger partial charge >= 0.3 is 5.97 Å². The second kappa shape index (κ2) is 6.74. The molecule has 0 aliphatic heterocycles. The van der Waals surface area contributed by atoms with Crippen LogP contribution in [0.1, 0.15) is 19.5 Å². The Balaban J connectivity index is 2.35. The monoisotopic (exact) mass is 250 g/mol. The molecule has 98 valence electrons. The smallest absolute Gasteiger partial charge is 0.307 e. The summed E-state index contributed by atoms with van der Waals surface area (Å²) < 4.78 is 0. The van der Waals surface area contributed by atoms with Gasteiger partial charge in [-0.05, 0) is 12.1 Å². The molecule has 0 bridgehead atoms. The van der Waals surface area contributed by atoms with Crippen molar-refractivity contribution in [1.82, 2.24) is 10.3 Å². The van der Waals surface area contributed by atoms with Crippen LogP contribution in [-0.4, -0.2) is 28.5 Å². The van der Waals surface area contributed by atoms with Crippen molar-refractivity contribution in [2.24, 2.45) is 11.8 Å². The summed E-state index contributed by atoms with van der Waals surface area (Å²) in [6, 6.07) is 5.60. The Morgan fingerprint density at radius 3 is 2.61 bits per heavy atom. The van der Waals surface area contributed by atoms with Crippen molar-refractivity contribution in [2.45, 2.75) is 20.3 Å². The molecule has 2 N–H and O–H groups in total. The summed E-state index contributed by atoms with van der Waals surface area (Å²) in [6.07, 6.45) is 2.34. The summed E-state index contributed by atoms with van der Waals surface area (Å²) in [5, 5.41) is 11.5. The molecule has 0 aromatic carbocycles. The first-order chi connectivity index (χ1) is 8.52. The SMILES string of the molecule is CC(C(=O)O)C(C)C(=O)NCCc1ccccn1. The third kappa shape index (κ3) is 4.16. The fourth-order valence-electron chi connectivity index (χ4n) is 1.46. The molecule has 1 heterocycles. The molecule has 0 aliphatic carbocycles. The summed E-state index contributed by atoms with van der Waals surface area (Å²) in [5.74, 6) is -2.41. The van der Waals surface area contributed by atoms with Gasteiger partial charge in [-0.3, -0.25) is 14.6 Å². The Morgan fingerprint density at radius 1 is 1.33 bits per heavy atom. The summed E-state index contributed by atoms with van der Waals surface area (Å²) in [4.78, 5) is 26.6. The van der Waals surface area contributed by atoms with Crippen LogP contribution in [0.4, 0.5) is 0 Å². The van der Waals surface area contributed by atoms with Crippen molar-refractivity contribution in [3.8, 4) is 0 Å². The highest BCUT2D eigenvalue weighted by Gasteiger charge is 2.25. The van der Waals surface area contributed by atoms with Gasteiger partial charge in [-0.15, -0.1) is 0 Å². The largest absolute Gasteiger partial charge is 0.481 e. The van der Waals surface area contributed by atoms with Gasteiger partial charge in [0.1, 0.15) is 0 Å². The van der Waals surface area contributed by atoms with Gasteiger partial charge in [-0.25, -0.2) is 0 Å². The molecule has 2 atom stereocenters. The minimum atomic E-state index is -0.956. The Bertz CT molecular complexity index is 406.